The molecule has 8 atom stereocenters. The first kappa shape index (κ1) is 19.9. The van der Waals surface area contributed by atoms with Gasteiger partial charge in [0.05, 0.1) is 13.2 Å². The van der Waals surface area contributed by atoms with Crippen LogP contribution in [0.3, 0.4) is 0 Å². The average Bonchev–Trinajstić information content (AvgIpc) is 3.11. The van der Waals surface area contributed by atoms with Gasteiger partial charge >= 0.3 is 0 Å². The van der Waals surface area contributed by atoms with Crippen LogP contribution in [0.5, 0.6) is 0 Å². The largest absolute Gasteiger partial charge is 0.394 e. The Bertz CT molecular complexity index is 385. The van der Waals surface area contributed by atoms with E-state index in [1.807, 2.05) is 13.8 Å². The van der Waals surface area contributed by atoms with Crippen molar-refractivity contribution < 1.29 is 49.2 Å². The van der Waals surface area contributed by atoms with E-state index in [-0.39, 0.29) is 24.9 Å². The number of hydrogen-bond acceptors (Lipinski definition) is 10. The lowest BCUT2D eigenvalue weighted by Gasteiger charge is -2.22. The van der Waals surface area contributed by atoms with E-state index in [0.717, 1.165) is 0 Å². The third-order valence-electron chi connectivity index (χ3n) is 4.04. The van der Waals surface area contributed by atoms with Gasteiger partial charge in [-0.3, -0.25) is 0 Å². The number of ether oxygens (including phenoxy) is 5. The molecule has 0 aliphatic carbocycles. The zero-order chi connectivity index (χ0) is 18.1. The van der Waals surface area contributed by atoms with E-state index in [0.29, 0.717) is 0 Å². The number of hydrogen-bond donors (Lipinski definition) is 5. The lowest BCUT2D eigenvalue weighted by Crippen LogP contribution is -2.33. The van der Waals surface area contributed by atoms with Crippen molar-refractivity contribution in [3.05, 3.63) is 0 Å². The molecule has 3 heterocycles. The van der Waals surface area contributed by atoms with Gasteiger partial charge in [0.25, 0.3) is 0 Å². The topological polar surface area (TPSA) is 147 Å². The molecule has 3 aliphatic heterocycles. The molecule has 0 radical (unpaired) electrons. The van der Waals surface area contributed by atoms with E-state index in [4.69, 9.17) is 44.5 Å². The van der Waals surface area contributed by atoms with E-state index in [1.54, 1.807) is 7.11 Å². The molecule has 5 N–H and O–H groups in total. The average molecular weight is 354 g/mol. The molecule has 0 saturated carbocycles. The Kier molecular flexibility index (Phi) is 6.53. The van der Waals surface area contributed by atoms with Gasteiger partial charge < -0.3 is 49.2 Å². The summed E-state index contributed by atoms with van der Waals surface area (Å²) in [7, 11) is 1.55. The molecule has 3 rings (SSSR count). The maximum absolute atomic E-state index is 9.08. The van der Waals surface area contributed by atoms with Crippen molar-refractivity contribution in [2.24, 2.45) is 0 Å². The van der Waals surface area contributed by atoms with Crippen molar-refractivity contribution in [3.8, 4) is 0 Å². The van der Waals surface area contributed by atoms with Crippen LogP contribution in [0.25, 0.3) is 0 Å². The van der Waals surface area contributed by atoms with E-state index >= 15 is 0 Å². The van der Waals surface area contributed by atoms with Crippen LogP contribution in [0.15, 0.2) is 0 Å². The summed E-state index contributed by atoms with van der Waals surface area (Å²) in [5, 5.41) is 44.0. The van der Waals surface area contributed by atoms with E-state index < -0.39 is 43.3 Å². The van der Waals surface area contributed by atoms with Gasteiger partial charge in [-0.15, -0.1) is 0 Å². The SMILES string of the molecule is CO[C@@H]1O[C@H](CO)[C@H]2OC(C)(C)O[C@@H]12.OC[C@H]1OC(O)[C@H](O)[C@@H]1O. The maximum atomic E-state index is 9.08. The van der Waals surface area contributed by atoms with Crippen LogP contribution < -0.4 is 0 Å². The van der Waals surface area contributed by atoms with Crippen LogP contribution in [-0.4, -0.2) is 101 Å². The van der Waals surface area contributed by atoms with Crippen molar-refractivity contribution in [2.75, 3.05) is 20.3 Å². The van der Waals surface area contributed by atoms with Crippen LogP contribution in [-0.2, 0) is 23.7 Å². The molecule has 0 aromatic carbocycles. The van der Waals surface area contributed by atoms with Crippen molar-refractivity contribution >= 4 is 0 Å². The fourth-order valence-corrected chi connectivity index (χ4v) is 2.86. The lowest BCUT2D eigenvalue weighted by molar-refractivity contribution is -0.230. The van der Waals surface area contributed by atoms with Gasteiger partial charge in [-0.1, -0.05) is 0 Å². The highest BCUT2D eigenvalue weighted by atomic mass is 16.8. The Morgan fingerprint density at radius 1 is 0.875 bits per heavy atom. The molecular weight excluding hydrogens is 328 g/mol. The Balaban J connectivity index is 0.000000185. The van der Waals surface area contributed by atoms with E-state index in [2.05, 4.69) is 4.74 Å². The molecule has 142 valence electrons. The lowest BCUT2D eigenvalue weighted by atomic mass is 10.1. The molecule has 3 aliphatic rings. The normalized spacial score (nSPS) is 46.5. The predicted molar refractivity (Wildman–Crippen MR) is 76.6 cm³/mol. The van der Waals surface area contributed by atoms with Crippen LogP contribution in [0.4, 0.5) is 0 Å². The van der Waals surface area contributed by atoms with Gasteiger partial charge in [0, 0.05) is 7.11 Å². The van der Waals surface area contributed by atoms with Crippen molar-refractivity contribution in [1.82, 2.24) is 0 Å². The molecule has 0 aromatic heterocycles. The number of methoxy groups -OCH3 is 1. The summed E-state index contributed by atoms with van der Waals surface area (Å²) < 4.78 is 26.3. The van der Waals surface area contributed by atoms with Crippen LogP contribution in [0.1, 0.15) is 13.8 Å². The minimum Gasteiger partial charge on any atom is -0.394 e. The Hall–Kier alpha value is -0.400. The summed E-state index contributed by atoms with van der Waals surface area (Å²) in [5.41, 5.74) is 0. The first-order valence-electron chi connectivity index (χ1n) is 7.69. The van der Waals surface area contributed by atoms with Crippen molar-refractivity contribution in [3.63, 3.8) is 0 Å². The number of aliphatic hydroxyl groups is 5. The van der Waals surface area contributed by atoms with E-state index in [1.165, 1.54) is 0 Å². The number of fused-ring (bicyclic) bond motifs is 1. The zero-order valence-corrected chi connectivity index (χ0v) is 13.8. The van der Waals surface area contributed by atoms with Gasteiger partial charge in [0.15, 0.2) is 18.4 Å². The van der Waals surface area contributed by atoms with Gasteiger partial charge in [0.2, 0.25) is 0 Å². The summed E-state index contributed by atoms with van der Waals surface area (Å²) in [6.07, 6.45) is -6.04. The minimum atomic E-state index is -1.38. The summed E-state index contributed by atoms with van der Waals surface area (Å²) in [5.74, 6) is -0.622. The molecule has 0 spiro atoms. The quantitative estimate of drug-likeness (QED) is 0.362. The molecule has 0 amide bonds. The minimum absolute atomic E-state index is 0.0829. The molecule has 0 aromatic rings. The summed E-state index contributed by atoms with van der Waals surface area (Å²) in [6, 6.07) is 0. The number of rotatable bonds is 3. The van der Waals surface area contributed by atoms with Crippen molar-refractivity contribution in [1.29, 1.82) is 0 Å². The first-order valence-corrected chi connectivity index (χ1v) is 7.69. The van der Waals surface area contributed by atoms with E-state index in [9.17, 15) is 0 Å². The molecular formula is C14H26O10. The van der Waals surface area contributed by atoms with Crippen LogP contribution in [0, 0.1) is 0 Å². The van der Waals surface area contributed by atoms with Gasteiger partial charge in [0.1, 0.15) is 36.6 Å². The van der Waals surface area contributed by atoms with Gasteiger partial charge in [-0.25, -0.2) is 0 Å². The summed E-state index contributed by atoms with van der Waals surface area (Å²) in [4.78, 5) is 0. The Morgan fingerprint density at radius 3 is 1.88 bits per heavy atom. The monoisotopic (exact) mass is 354 g/mol. The standard InChI is InChI=1S/C9H16O5.C5H10O5/c1-9(2)13-6-5(4-10)12-8(11-3)7(6)14-9;6-1-2-3(7)4(8)5(9)10-2/h5-8,10H,4H2,1-3H3;2-9H,1H2/t5-,6-,7-,8-;2-,3-,4-,5?/m11/s1. The summed E-state index contributed by atoms with van der Waals surface area (Å²) in [6.45, 7) is 3.19. The third-order valence-corrected chi connectivity index (χ3v) is 4.04. The molecule has 3 fully saturated rings. The molecule has 10 nitrogen and oxygen atoms in total. The highest BCUT2D eigenvalue weighted by Crippen LogP contribution is 2.38. The fourth-order valence-electron chi connectivity index (χ4n) is 2.86. The molecule has 1 unspecified atom stereocenters. The second-order valence-electron chi connectivity index (χ2n) is 6.25. The predicted octanol–water partition coefficient (Wildman–Crippen LogP) is -2.71. The Labute approximate surface area is 139 Å². The molecule has 0 bridgehead atoms. The molecule has 10 heteroatoms. The molecule has 3 saturated heterocycles. The first-order chi connectivity index (χ1) is 11.2. The number of aliphatic hydroxyl groups excluding tert-OH is 5. The Morgan fingerprint density at radius 2 is 1.46 bits per heavy atom. The van der Waals surface area contributed by atoms with Crippen molar-refractivity contribution in [2.45, 2.75) is 68.8 Å². The van der Waals surface area contributed by atoms with Crippen LogP contribution in [0.2, 0.25) is 0 Å². The fraction of sp³-hybridized carbons (Fsp3) is 1.00. The highest BCUT2D eigenvalue weighted by Gasteiger charge is 2.55. The second kappa shape index (κ2) is 7.87. The third kappa shape index (κ3) is 4.05. The van der Waals surface area contributed by atoms with Gasteiger partial charge in [-0.05, 0) is 13.8 Å². The highest BCUT2D eigenvalue weighted by molar-refractivity contribution is 4.94. The van der Waals surface area contributed by atoms with Crippen LogP contribution >= 0.6 is 0 Å². The molecule has 24 heavy (non-hydrogen) atoms. The smallest absolute Gasteiger partial charge is 0.186 e. The zero-order valence-electron chi connectivity index (χ0n) is 13.8. The van der Waals surface area contributed by atoms with Gasteiger partial charge in [-0.2, -0.15) is 0 Å². The second-order valence-corrected chi connectivity index (χ2v) is 6.25. The maximum Gasteiger partial charge on any atom is 0.186 e. The summed E-state index contributed by atoms with van der Waals surface area (Å²) >= 11 is 0.